The normalized spacial score (nSPS) is 12.6. The average Bonchev–Trinajstić information content (AvgIpc) is 2.80. The molecular weight excluding hydrogens is 259 g/mol. The van der Waals surface area contributed by atoms with Gasteiger partial charge in [-0.15, -0.1) is 11.3 Å². The molecule has 0 saturated heterocycles. The van der Waals surface area contributed by atoms with Crippen molar-refractivity contribution in [2.75, 3.05) is 6.54 Å². The van der Waals surface area contributed by atoms with E-state index in [4.69, 9.17) is 0 Å². The van der Waals surface area contributed by atoms with Crippen molar-refractivity contribution in [2.45, 2.75) is 33.2 Å². The van der Waals surface area contributed by atoms with E-state index in [1.165, 1.54) is 10.9 Å². The topological polar surface area (TPSA) is 24.9 Å². The van der Waals surface area contributed by atoms with E-state index in [-0.39, 0.29) is 11.9 Å². The Bertz CT molecular complexity index is 551. The number of rotatable bonds is 5. The fourth-order valence-electron chi connectivity index (χ4n) is 2.14. The maximum absolute atomic E-state index is 13.4. The molecule has 0 saturated carbocycles. The van der Waals surface area contributed by atoms with Crippen LogP contribution >= 0.6 is 11.3 Å². The van der Waals surface area contributed by atoms with Crippen LogP contribution in [-0.4, -0.2) is 11.5 Å². The van der Waals surface area contributed by atoms with Crippen LogP contribution < -0.4 is 5.32 Å². The summed E-state index contributed by atoms with van der Waals surface area (Å²) >= 11 is 1.70. The van der Waals surface area contributed by atoms with Crippen LogP contribution in [-0.2, 0) is 6.42 Å². The van der Waals surface area contributed by atoms with Gasteiger partial charge in [-0.25, -0.2) is 9.37 Å². The Balaban J connectivity index is 2.23. The fraction of sp³-hybridized carbons (Fsp3) is 0.400. The van der Waals surface area contributed by atoms with Gasteiger partial charge < -0.3 is 5.32 Å². The number of hydrogen-bond acceptors (Lipinski definition) is 3. The van der Waals surface area contributed by atoms with E-state index in [1.807, 2.05) is 26.1 Å². The molecule has 1 heterocycles. The molecule has 0 fully saturated rings. The molecule has 1 N–H and O–H groups in total. The molecule has 1 atom stereocenters. The molecule has 0 spiro atoms. The molecule has 1 aromatic carbocycles. The standard InChI is InChI=1S/C15H19FN2S/c1-4-17-14(15-9-18-11(3)19-15)8-12-7-13(16)6-5-10(12)2/h5-7,9,14,17H,4,8H2,1-3H3. The highest BCUT2D eigenvalue weighted by molar-refractivity contribution is 7.11. The summed E-state index contributed by atoms with van der Waals surface area (Å²) < 4.78 is 13.4. The quantitative estimate of drug-likeness (QED) is 0.900. The monoisotopic (exact) mass is 278 g/mol. The molecule has 0 aliphatic rings. The van der Waals surface area contributed by atoms with Crippen molar-refractivity contribution in [2.24, 2.45) is 0 Å². The first kappa shape index (κ1) is 14.2. The molecule has 0 amide bonds. The van der Waals surface area contributed by atoms with E-state index in [2.05, 4.69) is 17.2 Å². The van der Waals surface area contributed by atoms with Crippen LogP contribution in [0, 0.1) is 19.7 Å². The highest BCUT2D eigenvalue weighted by Gasteiger charge is 2.15. The Morgan fingerprint density at radius 3 is 2.79 bits per heavy atom. The maximum atomic E-state index is 13.4. The van der Waals surface area contributed by atoms with Gasteiger partial charge in [0.1, 0.15) is 5.82 Å². The van der Waals surface area contributed by atoms with E-state index in [9.17, 15) is 4.39 Å². The lowest BCUT2D eigenvalue weighted by Gasteiger charge is -2.17. The highest BCUT2D eigenvalue weighted by Crippen LogP contribution is 2.25. The van der Waals surface area contributed by atoms with Crippen molar-refractivity contribution >= 4 is 11.3 Å². The Morgan fingerprint density at radius 2 is 2.16 bits per heavy atom. The number of nitrogens with one attached hydrogen (secondary N) is 1. The third-order valence-electron chi connectivity index (χ3n) is 3.17. The minimum Gasteiger partial charge on any atom is -0.309 e. The second kappa shape index (κ2) is 6.26. The zero-order valence-electron chi connectivity index (χ0n) is 11.5. The summed E-state index contributed by atoms with van der Waals surface area (Å²) in [6, 6.07) is 5.19. The van der Waals surface area contributed by atoms with Crippen LogP contribution in [0.15, 0.2) is 24.4 Å². The highest BCUT2D eigenvalue weighted by atomic mass is 32.1. The van der Waals surface area contributed by atoms with E-state index >= 15 is 0 Å². The number of nitrogens with zero attached hydrogens (tertiary/aromatic N) is 1. The van der Waals surface area contributed by atoms with Gasteiger partial charge in [0.15, 0.2) is 0 Å². The Hall–Kier alpha value is -1.26. The van der Waals surface area contributed by atoms with E-state index in [0.717, 1.165) is 29.1 Å². The zero-order valence-corrected chi connectivity index (χ0v) is 12.4. The predicted molar refractivity (Wildman–Crippen MR) is 78.1 cm³/mol. The lowest BCUT2D eigenvalue weighted by atomic mass is 10.0. The van der Waals surface area contributed by atoms with Crippen molar-refractivity contribution in [3.05, 3.63) is 51.2 Å². The molecule has 0 radical (unpaired) electrons. The van der Waals surface area contributed by atoms with Gasteiger partial charge in [-0.05, 0) is 50.1 Å². The lowest BCUT2D eigenvalue weighted by molar-refractivity contribution is 0.552. The maximum Gasteiger partial charge on any atom is 0.123 e. The minimum absolute atomic E-state index is 0.170. The summed E-state index contributed by atoms with van der Waals surface area (Å²) in [5.41, 5.74) is 2.18. The Morgan fingerprint density at radius 1 is 1.37 bits per heavy atom. The molecule has 0 aliphatic carbocycles. The first-order chi connectivity index (χ1) is 9.10. The molecule has 2 nitrogen and oxygen atoms in total. The molecule has 0 aliphatic heterocycles. The van der Waals surface area contributed by atoms with Gasteiger partial charge in [0.2, 0.25) is 0 Å². The molecule has 4 heteroatoms. The molecule has 2 aromatic rings. The van der Waals surface area contributed by atoms with Crippen LogP contribution in [0.25, 0.3) is 0 Å². The van der Waals surface area contributed by atoms with E-state index in [1.54, 1.807) is 17.4 Å². The largest absolute Gasteiger partial charge is 0.309 e. The summed E-state index contributed by atoms with van der Waals surface area (Å²) in [4.78, 5) is 5.52. The SMILES string of the molecule is CCNC(Cc1cc(F)ccc1C)c1cnc(C)s1. The number of aryl methyl sites for hydroxylation is 2. The summed E-state index contributed by atoms with van der Waals surface area (Å²) in [7, 11) is 0. The van der Waals surface area contributed by atoms with Crippen LogP contribution in [0.4, 0.5) is 4.39 Å². The smallest absolute Gasteiger partial charge is 0.123 e. The van der Waals surface area contributed by atoms with Crippen molar-refractivity contribution in [1.82, 2.24) is 10.3 Å². The predicted octanol–water partition coefficient (Wildman–Crippen LogP) is 3.79. The van der Waals surface area contributed by atoms with Gasteiger partial charge in [-0.3, -0.25) is 0 Å². The van der Waals surface area contributed by atoms with Gasteiger partial charge >= 0.3 is 0 Å². The van der Waals surface area contributed by atoms with E-state index < -0.39 is 0 Å². The van der Waals surface area contributed by atoms with Gasteiger partial charge in [0.05, 0.1) is 5.01 Å². The molecular formula is C15H19FN2S. The lowest BCUT2D eigenvalue weighted by Crippen LogP contribution is -2.22. The minimum atomic E-state index is -0.170. The Labute approximate surface area is 117 Å². The molecule has 0 bridgehead atoms. The summed E-state index contributed by atoms with van der Waals surface area (Å²) in [5, 5.41) is 4.52. The molecule has 102 valence electrons. The fourth-order valence-corrected chi connectivity index (χ4v) is 3.00. The number of halogens is 1. The van der Waals surface area contributed by atoms with Gasteiger partial charge in [0.25, 0.3) is 0 Å². The van der Waals surface area contributed by atoms with Crippen molar-refractivity contribution < 1.29 is 4.39 Å². The molecule has 19 heavy (non-hydrogen) atoms. The van der Waals surface area contributed by atoms with Crippen molar-refractivity contribution in [1.29, 1.82) is 0 Å². The number of hydrogen-bond donors (Lipinski definition) is 1. The summed E-state index contributed by atoms with van der Waals surface area (Å²) in [6.45, 7) is 7.00. The van der Waals surface area contributed by atoms with Crippen LogP contribution in [0.2, 0.25) is 0 Å². The number of thiazole rings is 1. The summed E-state index contributed by atoms with van der Waals surface area (Å²) in [6.07, 6.45) is 2.71. The van der Waals surface area contributed by atoms with Gasteiger partial charge in [-0.1, -0.05) is 13.0 Å². The molecule has 1 unspecified atom stereocenters. The number of aromatic nitrogens is 1. The first-order valence-corrected chi connectivity index (χ1v) is 7.32. The second-order valence-electron chi connectivity index (χ2n) is 4.67. The number of benzene rings is 1. The van der Waals surface area contributed by atoms with Gasteiger partial charge in [-0.2, -0.15) is 0 Å². The first-order valence-electron chi connectivity index (χ1n) is 6.51. The summed E-state index contributed by atoms with van der Waals surface area (Å²) in [5.74, 6) is -0.170. The van der Waals surface area contributed by atoms with Crippen LogP contribution in [0.3, 0.4) is 0 Å². The zero-order chi connectivity index (χ0) is 13.8. The average molecular weight is 278 g/mol. The Kier molecular flexibility index (Phi) is 4.66. The van der Waals surface area contributed by atoms with Crippen molar-refractivity contribution in [3.8, 4) is 0 Å². The third-order valence-corrected chi connectivity index (χ3v) is 4.19. The number of likely N-dealkylation sites (N-methyl/N-ethyl adjacent to an activating group) is 1. The van der Waals surface area contributed by atoms with Gasteiger partial charge in [0, 0.05) is 17.1 Å². The molecule has 1 aromatic heterocycles. The third kappa shape index (κ3) is 3.61. The second-order valence-corrected chi connectivity index (χ2v) is 5.93. The van der Waals surface area contributed by atoms with Crippen LogP contribution in [0.5, 0.6) is 0 Å². The molecule has 2 rings (SSSR count). The van der Waals surface area contributed by atoms with Crippen LogP contribution in [0.1, 0.15) is 34.0 Å². The van der Waals surface area contributed by atoms with E-state index in [0.29, 0.717) is 0 Å². The van der Waals surface area contributed by atoms with Crippen molar-refractivity contribution in [3.63, 3.8) is 0 Å².